The summed E-state index contributed by atoms with van der Waals surface area (Å²) < 4.78 is 29.4. The van der Waals surface area contributed by atoms with Crippen molar-refractivity contribution in [2.75, 3.05) is 31.3 Å². The van der Waals surface area contributed by atoms with Crippen LogP contribution in [-0.4, -0.2) is 45.3 Å². The van der Waals surface area contributed by atoms with Crippen LogP contribution in [0.1, 0.15) is 17.4 Å². The Kier molecular flexibility index (Phi) is 5.51. The maximum absolute atomic E-state index is 11.5. The molecule has 18 heavy (non-hydrogen) atoms. The number of anilines is 1. The lowest BCUT2D eigenvalue weighted by molar-refractivity contribution is 0.0521. The molecular formula is C9H15N3O4S2. The number of carbonyl (C=O) groups is 1. The van der Waals surface area contributed by atoms with Crippen molar-refractivity contribution in [3.63, 3.8) is 0 Å². The molecule has 0 fully saturated rings. The molecule has 102 valence electrons. The van der Waals surface area contributed by atoms with Crippen LogP contribution >= 0.6 is 11.3 Å². The van der Waals surface area contributed by atoms with E-state index < -0.39 is 16.0 Å². The Morgan fingerprint density at radius 2 is 2.28 bits per heavy atom. The first-order chi connectivity index (χ1) is 8.50. The van der Waals surface area contributed by atoms with E-state index in [2.05, 4.69) is 15.0 Å². The molecule has 0 radical (unpaired) electrons. The molecule has 1 aromatic rings. The predicted octanol–water partition coefficient (Wildman–Crippen LogP) is 0.281. The van der Waals surface area contributed by atoms with Gasteiger partial charge in [-0.25, -0.2) is 22.9 Å². The lowest BCUT2D eigenvalue weighted by atomic mass is 10.4. The largest absolute Gasteiger partial charge is 0.461 e. The van der Waals surface area contributed by atoms with E-state index in [4.69, 9.17) is 4.74 Å². The number of nitrogens with one attached hydrogen (secondary N) is 2. The molecule has 0 unspecified atom stereocenters. The Hall–Kier alpha value is -1.19. The molecule has 7 nitrogen and oxygen atoms in total. The number of carbonyl (C=O) groups excluding carboxylic acids is 1. The van der Waals surface area contributed by atoms with Crippen LogP contribution in [0.5, 0.6) is 0 Å². The molecule has 0 aliphatic rings. The van der Waals surface area contributed by atoms with Crippen LogP contribution in [0.3, 0.4) is 0 Å². The summed E-state index contributed by atoms with van der Waals surface area (Å²) in [5.41, 5.74) is 1.69. The second kappa shape index (κ2) is 6.66. The molecule has 0 bridgehead atoms. The molecule has 0 amide bonds. The lowest BCUT2D eigenvalue weighted by Crippen LogP contribution is -2.26. The van der Waals surface area contributed by atoms with Crippen molar-refractivity contribution in [1.82, 2.24) is 9.71 Å². The minimum atomic E-state index is -3.26. The third-order valence-corrected chi connectivity index (χ3v) is 4.15. The number of rotatable bonds is 7. The average molecular weight is 293 g/mol. The Labute approximate surface area is 110 Å². The van der Waals surface area contributed by atoms with Gasteiger partial charge in [-0.05, 0) is 14.0 Å². The standard InChI is InChI=1S/C9H15N3O4S2/c1-3-16-9(13)7-8(17-6-12-7)11-4-5-18(14,15)10-2/h6,10-11H,3-5H2,1-2H3. The highest BCUT2D eigenvalue weighted by molar-refractivity contribution is 7.89. The molecule has 0 saturated carbocycles. The Morgan fingerprint density at radius 3 is 2.89 bits per heavy atom. The first-order valence-electron chi connectivity index (χ1n) is 5.26. The Morgan fingerprint density at radius 1 is 1.56 bits per heavy atom. The van der Waals surface area contributed by atoms with Gasteiger partial charge in [0.2, 0.25) is 10.0 Å². The zero-order chi connectivity index (χ0) is 13.6. The number of nitrogens with zero attached hydrogens (tertiary/aromatic N) is 1. The smallest absolute Gasteiger partial charge is 0.360 e. The summed E-state index contributed by atoms with van der Waals surface area (Å²) in [7, 11) is -1.91. The number of esters is 1. The number of sulfonamides is 1. The number of hydrogen-bond donors (Lipinski definition) is 2. The average Bonchev–Trinajstić information content (AvgIpc) is 2.77. The SMILES string of the molecule is CCOC(=O)c1ncsc1NCCS(=O)(=O)NC. The summed E-state index contributed by atoms with van der Waals surface area (Å²) in [5.74, 6) is -0.596. The highest BCUT2D eigenvalue weighted by Crippen LogP contribution is 2.20. The Bertz CT molecular complexity index is 498. The minimum absolute atomic E-state index is 0.0797. The van der Waals surface area contributed by atoms with Gasteiger partial charge in [0.1, 0.15) is 5.00 Å². The highest BCUT2D eigenvalue weighted by atomic mass is 32.2. The third-order valence-electron chi connectivity index (χ3n) is 2.00. The molecule has 1 rings (SSSR count). The van der Waals surface area contributed by atoms with Crippen LogP contribution in [0, 0.1) is 0 Å². The summed E-state index contributed by atoms with van der Waals surface area (Å²) in [6, 6.07) is 0. The van der Waals surface area contributed by atoms with Gasteiger partial charge >= 0.3 is 5.97 Å². The van der Waals surface area contributed by atoms with Crippen LogP contribution in [0.4, 0.5) is 5.00 Å². The fraction of sp³-hybridized carbons (Fsp3) is 0.556. The van der Waals surface area contributed by atoms with Gasteiger partial charge in [-0.15, -0.1) is 11.3 Å². The third kappa shape index (κ3) is 4.24. The van der Waals surface area contributed by atoms with Crippen molar-refractivity contribution >= 4 is 32.3 Å². The van der Waals surface area contributed by atoms with Crippen LogP contribution in [0.2, 0.25) is 0 Å². The van der Waals surface area contributed by atoms with Crippen molar-refractivity contribution in [2.24, 2.45) is 0 Å². The molecular weight excluding hydrogens is 278 g/mol. The topological polar surface area (TPSA) is 97.4 Å². The molecule has 0 spiro atoms. The van der Waals surface area contributed by atoms with Gasteiger partial charge in [-0.1, -0.05) is 0 Å². The molecule has 9 heteroatoms. The number of thiazole rings is 1. The predicted molar refractivity (Wildman–Crippen MR) is 69.4 cm³/mol. The molecule has 1 aromatic heterocycles. The van der Waals surface area contributed by atoms with E-state index >= 15 is 0 Å². The van der Waals surface area contributed by atoms with Gasteiger partial charge in [-0.2, -0.15) is 0 Å². The number of aromatic nitrogens is 1. The highest BCUT2D eigenvalue weighted by Gasteiger charge is 2.16. The minimum Gasteiger partial charge on any atom is -0.461 e. The van der Waals surface area contributed by atoms with Crippen LogP contribution in [-0.2, 0) is 14.8 Å². The van der Waals surface area contributed by atoms with Crippen molar-refractivity contribution in [2.45, 2.75) is 6.92 Å². The first kappa shape index (κ1) is 14.9. The molecule has 0 aromatic carbocycles. The van der Waals surface area contributed by atoms with Gasteiger partial charge in [0.15, 0.2) is 5.69 Å². The van der Waals surface area contributed by atoms with Gasteiger partial charge in [0, 0.05) is 6.54 Å². The lowest BCUT2D eigenvalue weighted by Gasteiger charge is -2.06. The second-order valence-electron chi connectivity index (χ2n) is 3.20. The van der Waals surface area contributed by atoms with Crippen molar-refractivity contribution in [3.05, 3.63) is 11.2 Å². The summed E-state index contributed by atoms with van der Waals surface area (Å²) in [5, 5.41) is 3.37. The zero-order valence-electron chi connectivity index (χ0n) is 10.1. The van der Waals surface area contributed by atoms with Crippen molar-refractivity contribution in [3.8, 4) is 0 Å². The van der Waals surface area contributed by atoms with E-state index in [9.17, 15) is 13.2 Å². The van der Waals surface area contributed by atoms with Gasteiger partial charge in [0.05, 0.1) is 17.9 Å². The van der Waals surface area contributed by atoms with Gasteiger partial charge in [0.25, 0.3) is 0 Å². The van der Waals surface area contributed by atoms with Crippen LogP contribution in [0.25, 0.3) is 0 Å². The molecule has 0 aliphatic carbocycles. The molecule has 2 N–H and O–H groups in total. The van der Waals surface area contributed by atoms with E-state index in [0.717, 1.165) is 0 Å². The molecule has 0 saturated heterocycles. The van der Waals surface area contributed by atoms with E-state index in [1.165, 1.54) is 23.9 Å². The quantitative estimate of drug-likeness (QED) is 0.701. The summed E-state index contributed by atoms with van der Waals surface area (Å²) in [4.78, 5) is 15.4. The fourth-order valence-corrected chi connectivity index (χ4v) is 2.39. The van der Waals surface area contributed by atoms with Crippen LogP contribution in [0.15, 0.2) is 5.51 Å². The monoisotopic (exact) mass is 293 g/mol. The van der Waals surface area contributed by atoms with Gasteiger partial charge in [-0.3, -0.25) is 0 Å². The first-order valence-corrected chi connectivity index (χ1v) is 7.79. The van der Waals surface area contributed by atoms with E-state index in [0.29, 0.717) is 5.00 Å². The maximum Gasteiger partial charge on any atom is 0.360 e. The summed E-state index contributed by atoms with van der Waals surface area (Å²) in [6.45, 7) is 2.17. The van der Waals surface area contributed by atoms with Gasteiger partial charge < -0.3 is 10.1 Å². The molecule has 0 aliphatic heterocycles. The van der Waals surface area contributed by atoms with Crippen LogP contribution < -0.4 is 10.0 Å². The van der Waals surface area contributed by atoms with E-state index in [1.54, 1.807) is 6.92 Å². The van der Waals surface area contributed by atoms with Crippen molar-refractivity contribution < 1.29 is 17.9 Å². The fourth-order valence-electron chi connectivity index (χ4n) is 1.12. The maximum atomic E-state index is 11.5. The molecule has 0 atom stereocenters. The summed E-state index contributed by atoms with van der Waals surface area (Å²) in [6.07, 6.45) is 0. The summed E-state index contributed by atoms with van der Waals surface area (Å²) >= 11 is 1.22. The number of ether oxygens (including phenoxy) is 1. The van der Waals surface area contributed by atoms with E-state index in [1.807, 2.05) is 0 Å². The zero-order valence-corrected chi connectivity index (χ0v) is 11.7. The Balaban J connectivity index is 2.58. The second-order valence-corrected chi connectivity index (χ2v) is 6.10. The normalized spacial score (nSPS) is 11.2. The number of hydrogen-bond acceptors (Lipinski definition) is 7. The molecule has 1 heterocycles. The van der Waals surface area contributed by atoms with E-state index in [-0.39, 0.29) is 24.6 Å². The van der Waals surface area contributed by atoms with Crippen molar-refractivity contribution in [1.29, 1.82) is 0 Å².